The Kier molecular flexibility index (Phi) is 5.75. The number of aliphatic carboxylic acids is 1. The number of benzene rings is 1. The summed E-state index contributed by atoms with van der Waals surface area (Å²) >= 11 is 0. The molecule has 0 radical (unpaired) electrons. The summed E-state index contributed by atoms with van der Waals surface area (Å²) in [4.78, 5) is 24.8. The third kappa shape index (κ3) is 4.63. The van der Waals surface area contributed by atoms with Crippen molar-refractivity contribution in [1.82, 2.24) is 29.9 Å². The molecule has 0 saturated heterocycles. The molecule has 9 nitrogen and oxygen atoms in total. The molecule has 5 rings (SSSR count). The fourth-order valence-corrected chi connectivity index (χ4v) is 4.50. The molecule has 0 bridgehead atoms. The largest absolute Gasteiger partial charge is 0.481 e. The number of carboxylic acid groups (broad SMARTS) is 1. The zero-order valence-corrected chi connectivity index (χ0v) is 18.8. The van der Waals surface area contributed by atoms with Crippen molar-refractivity contribution >= 4 is 11.9 Å². The second-order valence-corrected chi connectivity index (χ2v) is 8.77. The van der Waals surface area contributed by atoms with Crippen LogP contribution >= 0.6 is 0 Å². The van der Waals surface area contributed by atoms with E-state index < -0.39 is 5.97 Å². The lowest BCUT2D eigenvalue weighted by atomic mass is 10.0. The van der Waals surface area contributed by atoms with Gasteiger partial charge < -0.3 is 10.8 Å². The van der Waals surface area contributed by atoms with Gasteiger partial charge in [-0.25, -0.2) is 14.6 Å². The first-order valence-corrected chi connectivity index (χ1v) is 11.3. The summed E-state index contributed by atoms with van der Waals surface area (Å²) in [6, 6.07) is 15.8. The van der Waals surface area contributed by atoms with Crippen molar-refractivity contribution in [2.75, 3.05) is 5.73 Å². The van der Waals surface area contributed by atoms with Gasteiger partial charge in [-0.2, -0.15) is 0 Å². The molecular weight excluding hydrogens is 430 g/mol. The Hall–Kier alpha value is -4.14. The maximum absolute atomic E-state index is 11.3. The number of hydrogen-bond acceptors (Lipinski definition) is 7. The Balaban J connectivity index is 1.35. The SMILES string of the molecule is Cc1cccc(-c2cc(-c3cn(Cc4cccc(C5CCC(C(=O)O)C5)n4)nn3)nc(N)n2)c1. The van der Waals surface area contributed by atoms with E-state index in [0.717, 1.165) is 34.6 Å². The minimum Gasteiger partial charge on any atom is -0.481 e. The molecule has 9 heteroatoms. The average Bonchev–Trinajstić information content (AvgIpc) is 3.49. The predicted molar refractivity (Wildman–Crippen MR) is 127 cm³/mol. The monoisotopic (exact) mass is 455 g/mol. The van der Waals surface area contributed by atoms with E-state index in [1.807, 2.05) is 61.7 Å². The van der Waals surface area contributed by atoms with Gasteiger partial charge >= 0.3 is 5.97 Å². The van der Waals surface area contributed by atoms with Crippen LogP contribution in [-0.4, -0.2) is 41.0 Å². The van der Waals surface area contributed by atoms with E-state index in [4.69, 9.17) is 10.7 Å². The number of aryl methyl sites for hydroxylation is 1. The van der Waals surface area contributed by atoms with Gasteiger partial charge in [-0.05, 0) is 50.5 Å². The molecule has 0 spiro atoms. The molecule has 1 fully saturated rings. The fourth-order valence-electron chi connectivity index (χ4n) is 4.50. The van der Waals surface area contributed by atoms with Crippen molar-refractivity contribution in [3.63, 3.8) is 0 Å². The first-order valence-electron chi connectivity index (χ1n) is 11.3. The van der Waals surface area contributed by atoms with Crippen LogP contribution in [0.2, 0.25) is 0 Å². The first-order chi connectivity index (χ1) is 16.4. The van der Waals surface area contributed by atoms with E-state index in [9.17, 15) is 9.90 Å². The van der Waals surface area contributed by atoms with Crippen LogP contribution in [0.1, 0.15) is 42.1 Å². The minimum absolute atomic E-state index is 0.175. The van der Waals surface area contributed by atoms with Crippen molar-refractivity contribution in [3.05, 3.63) is 71.7 Å². The van der Waals surface area contributed by atoms with Crippen LogP contribution in [0.5, 0.6) is 0 Å². The van der Waals surface area contributed by atoms with E-state index >= 15 is 0 Å². The van der Waals surface area contributed by atoms with Crippen molar-refractivity contribution < 1.29 is 9.90 Å². The molecule has 0 aliphatic heterocycles. The third-order valence-corrected chi connectivity index (χ3v) is 6.21. The molecule has 4 aromatic rings. The Morgan fingerprint density at radius 1 is 1.06 bits per heavy atom. The van der Waals surface area contributed by atoms with Gasteiger partial charge in [0.2, 0.25) is 5.95 Å². The van der Waals surface area contributed by atoms with Crippen LogP contribution in [0.3, 0.4) is 0 Å². The van der Waals surface area contributed by atoms with E-state index in [1.165, 1.54) is 0 Å². The third-order valence-electron chi connectivity index (χ3n) is 6.21. The van der Waals surface area contributed by atoms with Gasteiger partial charge in [-0.3, -0.25) is 9.78 Å². The van der Waals surface area contributed by atoms with Crippen molar-refractivity contribution in [1.29, 1.82) is 0 Å². The van der Waals surface area contributed by atoms with Gasteiger partial charge in [0.15, 0.2) is 0 Å². The zero-order valence-electron chi connectivity index (χ0n) is 18.8. The Labute approximate surface area is 196 Å². The molecular formula is C25H25N7O2. The number of carbonyl (C=O) groups is 1. The van der Waals surface area contributed by atoms with Crippen LogP contribution in [0.15, 0.2) is 54.7 Å². The summed E-state index contributed by atoms with van der Waals surface area (Å²) in [5.74, 6) is -0.645. The van der Waals surface area contributed by atoms with Crippen LogP contribution in [-0.2, 0) is 11.3 Å². The number of nitrogen functional groups attached to an aromatic ring is 1. The van der Waals surface area contributed by atoms with Crippen LogP contribution in [0, 0.1) is 12.8 Å². The van der Waals surface area contributed by atoms with E-state index in [1.54, 1.807) is 4.68 Å². The lowest BCUT2D eigenvalue weighted by Crippen LogP contribution is -2.10. The highest BCUT2D eigenvalue weighted by Gasteiger charge is 2.31. The summed E-state index contributed by atoms with van der Waals surface area (Å²) in [7, 11) is 0. The number of aromatic nitrogens is 6. The number of hydrogen-bond donors (Lipinski definition) is 2. The maximum Gasteiger partial charge on any atom is 0.306 e. The van der Waals surface area contributed by atoms with Crippen LogP contribution in [0.25, 0.3) is 22.6 Å². The Morgan fingerprint density at radius 2 is 1.88 bits per heavy atom. The summed E-state index contributed by atoms with van der Waals surface area (Å²) in [6.45, 7) is 2.47. The number of nitrogens with zero attached hydrogens (tertiary/aromatic N) is 6. The molecule has 3 heterocycles. The van der Waals surface area contributed by atoms with Gasteiger partial charge in [0, 0.05) is 17.2 Å². The van der Waals surface area contributed by atoms with E-state index in [0.29, 0.717) is 30.8 Å². The number of nitrogens with two attached hydrogens (primary N) is 1. The molecule has 2 unspecified atom stereocenters. The first kappa shape index (κ1) is 21.7. The molecule has 1 saturated carbocycles. The summed E-state index contributed by atoms with van der Waals surface area (Å²) in [5, 5.41) is 17.8. The normalized spacial score (nSPS) is 17.7. The Bertz CT molecular complexity index is 1350. The van der Waals surface area contributed by atoms with Gasteiger partial charge in [0.05, 0.1) is 35.7 Å². The number of pyridine rings is 1. The molecule has 34 heavy (non-hydrogen) atoms. The summed E-state index contributed by atoms with van der Waals surface area (Å²) in [5.41, 5.74) is 11.8. The molecule has 172 valence electrons. The summed E-state index contributed by atoms with van der Waals surface area (Å²) in [6.07, 6.45) is 3.99. The van der Waals surface area contributed by atoms with E-state index in [-0.39, 0.29) is 17.8 Å². The molecule has 0 amide bonds. The smallest absolute Gasteiger partial charge is 0.306 e. The molecule has 3 aromatic heterocycles. The van der Waals surface area contributed by atoms with Crippen LogP contribution in [0.4, 0.5) is 5.95 Å². The Morgan fingerprint density at radius 3 is 2.68 bits per heavy atom. The minimum atomic E-state index is -0.718. The van der Waals surface area contributed by atoms with Crippen molar-refractivity contribution in [3.8, 4) is 22.6 Å². The van der Waals surface area contributed by atoms with Gasteiger partial charge in [0.1, 0.15) is 5.69 Å². The molecule has 1 aromatic carbocycles. The quantitative estimate of drug-likeness (QED) is 0.450. The second-order valence-electron chi connectivity index (χ2n) is 8.77. The van der Waals surface area contributed by atoms with Gasteiger partial charge in [-0.1, -0.05) is 35.0 Å². The van der Waals surface area contributed by atoms with Gasteiger partial charge in [-0.15, -0.1) is 5.10 Å². The molecule has 3 N–H and O–H groups in total. The molecule has 2 atom stereocenters. The fraction of sp³-hybridized carbons (Fsp3) is 0.280. The van der Waals surface area contributed by atoms with Crippen molar-refractivity contribution in [2.45, 2.75) is 38.6 Å². The predicted octanol–water partition coefficient (Wildman–Crippen LogP) is 3.70. The topological polar surface area (TPSA) is 133 Å². The highest BCUT2D eigenvalue weighted by atomic mass is 16.4. The van der Waals surface area contributed by atoms with Gasteiger partial charge in [0.25, 0.3) is 0 Å². The highest BCUT2D eigenvalue weighted by molar-refractivity contribution is 5.70. The van der Waals surface area contributed by atoms with Crippen LogP contribution < -0.4 is 5.73 Å². The number of anilines is 1. The summed E-state index contributed by atoms with van der Waals surface area (Å²) < 4.78 is 1.71. The number of carboxylic acids is 1. The van der Waals surface area contributed by atoms with E-state index in [2.05, 4.69) is 20.3 Å². The molecule has 1 aliphatic carbocycles. The standard InChI is InChI=1S/C25H25N7O2/c1-15-4-2-5-16(10-15)21-12-22(29-25(26)28-21)23-14-32(31-30-23)13-19-6-3-7-20(27-19)17-8-9-18(11-17)24(33)34/h2-7,10,12,14,17-18H,8-9,11,13H2,1H3,(H,33,34)(H2,26,28,29). The molecule has 1 aliphatic rings. The number of rotatable bonds is 6. The lowest BCUT2D eigenvalue weighted by Gasteiger charge is -2.10. The second kappa shape index (κ2) is 9.01. The average molecular weight is 456 g/mol. The maximum atomic E-state index is 11.3. The zero-order chi connectivity index (χ0) is 23.7. The highest BCUT2D eigenvalue weighted by Crippen LogP contribution is 2.37. The van der Waals surface area contributed by atoms with Crippen molar-refractivity contribution in [2.24, 2.45) is 5.92 Å². The lowest BCUT2D eigenvalue weighted by molar-refractivity contribution is -0.141.